The molecule has 1 amide bonds. The van der Waals surface area contributed by atoms with Gasteiger partial charge in [-0.05, 0) is 44.3 Å². The molecule has 1 aromatic rings. The Balaban J connectivity index is 1.87. The standard InChI is InChI=1S/C17H23N3O4/c1-24-17-8-6-13-5-7-14(20(22)23)11-15(13)19(17)16(21)12-18-9-3-2-4-10-18/h5,7,11,17H,2-4,6,8-10,12H2,1H3. The van der Waals surface area contributed by atoms with Crippen LogP contribution < -0.4 is 4.90 Å². The fourth-order valence-corrected chi connectivity index (χ4v) is 3.57. The molecule has 0 spiro atoms. The van der Waals surface area contributed by atoms with Crippen LogP contribution in [-0.4, -0.2) is 48.7 Å². The molecule has 7 heteroatoms. The van der Waals surface area contributed by atoms with E-state index in [0.717, 1.165) is 37.9 Å². The normalized spacial score (nSPS) is 21.4. The Morgan fingerprint density at radius 3 is 2.75 bits per heavy atom. The van der Waals surface area contributed by atoms with Crippen LogP contribution in [0.1, 0.15) is 31.2 Å². The maximum Gasteiger partial charge on any atom is 0.271 e. The number of hydrogen-bond donors (Lipinski definition) is 0. The molecule has 130 valence electrons. The first-order chi connectivity index (χ1) is 11.6. The number of nitrogens with zero attached hydrogens (tertiary/aromatic N) is 3. The molecule has 1 atom stereocenters. The molecular formula is C17H23N3O4. The van der Waals surface area contributed by atoms with Crippen LogP contribution in [0.5, 0.6) is 0 Å². The molecule has 1 saturated heterocycles. The van der Waals surface area contributed by atoms with E-state index >= 15 is 0 Å². The summed E-state index contributed by atoms with van der Waals surface area (Å²) in [5.74, 6) is -0.0507. The molecule has 1 unspecified atom stereocenters. The molecule has 0 bridgehead atoms. The summed E-state index contributed by atoms with van der Waals surface area (Å²) in [6.45, 7) is 2.19. The summed E-state index contributed by atoms with van der Waals surface area (Å²) >= 11 is 0. The number of non-ortho nitro benzene ring substituents is 1. The number of piperidine rings is 1. The van der Waals surface area contributed by atoms with Crippen molar-refractivity contribution in [3.63, 3.8) is 0 Å². The van der Waals surface area contributed by atoms with Gasteiger partial charge in [0.1, 0.15) is 6.23 Å². The van der Waals surface area contributed by atoms with Gasteiger partial charge < -0.3 is 4.74 Å². The van der Waals surface area contributed by atoms with Crippen molar-refractivity contribution >= 4 is 17.3 Å². The molecule has 0 saturated carbocycles. The third kappa shape index (κ3) is 3.42. The van der Waals surface area contributed by atoms with Gasteiger partial charge in [-0.25, -0.2) is 0 Å². The average Bonchev–Trinajstić information content (AvgIpc) is 2.60. The predicted molar refractivity (Wildman–Crippen MR) is 90.0 cm³/mol. The third-order valence-electron chi connectivity index (χ3n) is 4.84. The number of amides is 1. The maximum absolute atomic E-state index is 12.9. The summed E-state index contributed by atoms with van der Waals surface area (Å²) in [7, 11) is 1.58. The smallest absolute Gasteiger partial charge is 0.271 e. The van der Waals surface area contributed by atoms with Crippen molar-refractivity contribution in [1.82, 2.24) is 4.90 Å². The number of methoxy groups -OCH3 is 1. The summed E-state index contributed by atoms with van der Waals surface area (Å²) < 4.78 is 5.49. The van der Waals surface area contributed by atoms with E-state index in [1.807, 2.05) is 0 Å². The second-order valence-electron chi connectivity index (χ2n) is 6.40. The lowest BCUT2D eigenvalue weighted by molar-refractivity contribution is -0.384. The van der Waals surface area contributed by atoms with E-state index in [1.165, 1.54) is 18.6 Å². The summed E-state index contributed by atoms with van der Waals surface area (Å²) in [6.07, 6.45) is 4.53. The highest BCUT2D eigenvalue weighted by Gasteiger charge is 2.33. The SMILES string of the molecule is COC1CCc2ccc([N+](=O)[O-])cc2N1C(=O)CN1CCCCC1. The largest absolute Gasteiger partial charge is 0.361 e. The zero-order chi connectivity index (χ0) is 17.1. The quantitative estimate of drug-likeness (QED) is 0.624. The Bertz CT molecular complexity index is 628. The second-order valence-corrected chi connectivity index (χ2v) is 6.40. The van der Waals surface area contributed by atoms with E-state index in [4.69, 9.17) is 4.74 Å². The zero-order valence-electron chi connectivity index (χ0n) is 13.9. The van der Waals surface area contributed by atoms with E-state index in [0.29, 0.717) is 18.7 Å². The molecule has 0 radical (unpaired) electrons. The number of carbonyl (C=O) groups excluding carboxylic acids is 1. The fourth-order valence-electron chi connectivity index (χ4n) is 3.57. The van der Waals surface area contributed by atoms with Crippen LogP contribution in [-0.2, 0) is 16.0 Å². The second kappa shape index (κ2) is 7.27. The van der Waals surface area contributed by atoms with E-state index < -0.39 is 4.92 Å². The van der Waals surface area contributed by atoms with Gasteiger partial charge >= 0.3 is 0 Å². The number of anilines is 1. The van der Waals surface area contributed by atoms with Crippen LogP contribution >= 0.6 is 0 Å². The Labute approximate surface area is 141 Å². The van der Waals surface area contributed by atoms with E-state index in [-0.39, 0.29) is 17.8 Å². The van der Waals surface area contributed by atoms with Gasteiger partial charge in [-0.15, -0.1) is 0 Å². The van der Waals surface area contributed by atoms with Gasteiger partial charge in [0.2, 0.25) is 5.91 Å². The molecular weight excluding hydrogens is 310 g/mol. The van der Waals surface area contributed by atoms with Crippen molar-refractivity contribution < 1.29 is 14.5 Å². The first kappa shape index (κ1) is 16.9. The molecule has 2 aliphatic heterocycles. The minimum atomic E-state index is -0.427. The summed E-state index contributed by atoms with van der Waals surface area (Å²) in [5, 5.41) is 11.1. The van der Waals surface area contributed by atoms with Crippen LogP contribution in [0.25, 0.3) is 0 Å². The van der Waals surface area contributed by atoms with E-state index in [1.54, 1.807) is 18.1 Å². The van der Waals surface area contributed by atoms with Crippen molar-refractivity contribution in [2.24, 2.45) is 0 Å². The number of likely N-dealkylation sites (tertiary alicyclic amines) is 1. The van der Waals surface area contributed by atoms with E-state index in [2.05, 4.69) is 4.90 Å². The molecule has 0 N–H and O–H groups in total. The van der Waals surface area contributed by atoms with Gasteiger partial charge in [-0.2, -0.15) is 0 Å². The van der Waals surface area contributed by atoms with Gasteiger partial charge in [0, 0.05) is 19.2 Å². The monoisotopic (exact) mass is 333 g/mol. The van der Waals surface area contributed by atoms with Gasteiger partial charge in [-0.3, -0.25) is 24.7 Å². The third-order valence-corrected chi connectivity index (χ3v) is 4.84. The topological polar surface area (TPSA) is 75.9 Å². The van der Waals surface area contributed by atoms with E-state index in [9.17, 15) is 14.9 Å². The van der Waals surface area contributed by atoms with Crippen LogP contribution in [0.15, 0.2) is 18.2 Å². The lowest BCUT2D eigenvalue weighted by Crippen LogP contribution is -2.49. The average molecular weight is 333 g/mol. The Morgan fingerprint density at radius 2 is 2.08 bits per heavy atom. The minimum absolute atomic E-state index is 0.00118. The van der Waals surface area contributed by atoms with Gasteiger partial charge in [0.25, 0.3) is 5.69 Å². The molecule has 24 heavy (non-hydrogen) atoms. The first-order valence-electron chi connectivity index (χ1n) is 8.44. The summed E-state index contributed by atoms with van der Waals surface area (Å²) in [6, 6.07) is 4.74. The summed E-state index contributed by atoms with van der Waals surface area (Å²) in [4.78, 5) is 27.3. The number of carbonyl (C=O) groups is 1. The lowest BCUT2D eigenvalue weighted by Gasteiger charge is -2.37. The van der Waals surface area contributed by atoms with Crippen molar-refractivity contribution in [1.29, 1.82) is 0 Å². The number of nitro groups is 1. The van der Waals surface area contributed by atoms with Crippen molar-refractivity contribution in [3.8, 4) is 0 Å². The Hall–Kier alpha value is -1.99. The number of nitro benzene ring substituents is 1. The highest BCUT2D eigenvalue weighted by Crippen LogP contribution is 2.34. The first-order valence-corrected chi connectivity index (χ1v) is 8.44. The summed E-state index contributed by atoms with van der Waals surface area (Å²) in [5.41, 5.74) is 1.58. The lowest BCUT2D eigenvalue weighted by atomic mass is 9.99. The van der Waals surface area contributed by atoms with Crippen molar-refractivity contribution in [2.75, 3.05) is 31.6 Å². The molecule has 2 aliphatic rings. The number of ether oxygens (including phenoxy) is 1. The Kier molecular flexibility index (Phi) is 5.11. The van der Waals surface area contributed by atoms with Gasteiger partial charge in [-0.1, -0.05) is 12.5 Å². The van der Waals surface area contributed by atoms with Crippen LogP contribution in [0.2, 0.25) is 0 Å². The van der Waals surface area contributed by atoms with Gasteiger partial charge in [0.05, 0.1) is 17.2 Å². The predicted octanol–water partition coefficient (Wildman–Crippen LogP) is 2.33. The highest BCUT2D eigenvalue weighted by molar-refractivity contribution is 5.96. The zero-order valence-corrected chi connectivity index (χ0v) is 13.9. The Morgan fingerprint density at radius 1 is 1.33 bits per heavy atom. The minimum Gasteiger partial charge on any atom is -0.361 e. The number of hydrogen-bond acceptors (Lipinski definition) is 5. The molecule has 0 aliphatic carbocycles. The number of aryl methyl sites for hydroxylation is 1. The molecule has 1 aromatic carbocycles. The molecule has 0 aromatic heterocycles. The number of fused-ring (bicyclic) bond motifs is 1. The maximum atomic E-state index is 12.9. The van der Waals surface area contributed by atoms with Crippen molar-refractivity contribution in [3.05, 3.63) is 33.9 Å². The number of rotatable bonds is 4. The van der Waals surface area contributed by atoms with Gasteiger partial charge in [0.15, 0.2) is 0 Å². The number of benzene rings is 1. The highest BCUT2D eigenvalue weighted by atomic mass is 16.6. The van der Waals surface area contributed by atoms with Crippen LogP contribution in [0.4, 0.5) is 11.4 Å². The molecule has 3 rings (SSSR count). The van der Waals surface area contributed by atoms with Crippen LogP contribution in [0, 0.1) is 10.1 Å². The molecule has 7 nitrogen and oxygen atoms in total. The molecule has 1 fully saturated rings. The molecule has 2 heterocycles. The van der Waals surface area contributed by atoms with Crippen LogP contribution in [0.3, 0.4) is 0 Å². The fraction of sp³-hybridized carbons (Fsp3) is 0.588. The van der Waals surface area contributed by atoms with Crippen molar-refractivity contribution in [2.45, 2.75) is 38.3 Å².